The van der Waals surface area contributed by atoms with Crippen LogP contribution in [0.4, 0.5) is 5.88 Å². The molecule has 0 bridgehead atoms. The van der Waals surface area contributed by atoms with Crippen LogP contribution in [-0.2, 0) is 22.5 Å². The summed E-state index contributed by atoms with van der Waals surface area (Å²) in [6, 6.07) is 20.1. The molecule has 0 aliphatic carbocycles. The summed E-state index contributed by atoms with van der Waals surface area (Å²) in [4.78, 5) is 17.8. The van der Waals surface area contributed by atoms with E-state index in [1.165, 1.54) is 6.42 Å². The van der Waals surface area contributed by atoms with Crippen molar-refractivity contribution in [3.8, 4) is 11.3 Å². The lowest BCUT2D eigenvalue weighted by molar-refractivity contribution is -0.132. The predicted octanol–water partition coefficient (Wildman–Crippen LogP) is 5.08. The van der Waals surface area contributed by atoms with Crippen LogP contribution in [0.25, 0.3) is 11.3 Å². The van der Waals surface area contributed by atoms with Gasteiger partial charge in [0.1, 0.15) is 5.69 Å². The Labute approximate surface area is 201 Å². The van der Waals surface area contributed by atoms with E-state index in [1.807, 2.05) is 53.4 Å². The largest absolute Gasteiger partial charge is 0.376 e. The van der Waals surface area contributed by atoms with Crippen molar-refractivity contribution < 1.29 is 14.1 Å². The van der Waals surface area contributed by atoms with E-state index in [1.54, 1.807) is 0 Å². The van der Waals surface area contributed by atoms with Gasteiger partial charge in [-0.15, -0.1) is 0 Å². The molecule has 6 heteroatoms. The van der Waals surface area contributed by atoms with E-state index in [2.05, 4.69) is 22.2 Å². The Morgan fingerprint density at radius 1 is 0.971 bits per heavy atom. The Bertz CT molecular complexity index is 1060. The van der Waals surface area contributed by atoms with Crippen molar-refractivity contribution in [2.45, 2.75) is 51.2 Å². The third-order valence-corrected chi connectivity index (χ3v) is 6.81. The van der Waals surface area contributed by atoms with Crippen molar-refractivity contribution in [3.63, 3.8) is 0 Å². The minimum absolute atomic E-state index is 0.0817. The second-order valence-corrected chi connectivity index (χ2v) is 9.30. The van der Waals surface area contributed by atoms with E-state index < -0.39 is 0 Å². The molecule has 6 nitrogen and oxygen atoms in total. The van der Waals surface area contributed by atoms with Gasteiger partial charge in [-0.2, -0.15) is 0 Å². The van der Waals surface area contributed by atoms with Gasteiger partial charge in [0.25, 0.3) is 0 Å². The predicted molar refractivity (Wildman–Crippen MR) is 133 cm³/mol. The highest BCUT2D eigenvalue weighted by atomic mass is 16.5. The maximum Gasteiger partial charge on any atom is 0.232 e. The molecular formula is C28H33N3O3. The van der Waals surface area contributed by atoms with Gasteiger partial charge in [0.15, 0.2) is 0 Å². The number of piperidine rings is 1. The van der Waals surface area contributed by atoms with Gasteiger partial charge in [-0.05, 0) is 37.7 Å². The van der Waals surface area contributed by atoms with Crippen LogP contribution in [-0.4, -0.2) is 48.3 Å². The summed E-state index contributed by atoms with van der Waals surface area (Å²) >= 11 is 0. The second kappa shape index (κ2) is 10.9. The third kappa shape index (κ3) is 5.33. The molecule has 3 aromatic rings. The van der Waals surface area contributed by atoms with Gasteiger partial charge in [-0.3, -0.25) is 4.79 Å². The first-order valence-electron chi connectivity index (χ1n) is 12.5. The monoisotopic (exact) mass is 459 g/mol. The topological polar surface area (TPSA) is 58.8 Å². The van der Waals surface area contributed by atoms with Crippen molar-refractivity contribution in [1.82, 2.24) is 10.1 Å². The Morgan fingerprint density at radius 3 is 2.41 bits per heavy atom. The molecule has 178 valence electrons. The highest BCUT2D eigenvalue weighted by molar-refractivity contribution is 5.79. The molecule has 0 N–H and O–H groups in total. The molecule has 0 spiro atoms. The molecule has 1 amide bonds. The van der Waals surface area contributed by atoms with Gasteiger partial charge in [-0.25, -0.2) is 0 Å². The Kier molecular flexibility index (Phi) is 7.25. The van der Waals surface area contributed by atoms with Crippen LogP contribution in [0.1, 0.15) is 43.2 Å². The summed E-state index contributed by atoms with van der Waals surface area (Å²) in [5.41, 5.74) is 3.85. The van der Waals surface area contributed by atoms with Crippen LogP contribution >= 0.6 is 0 Å². The zero-order valence-corrected chi connectivity index (χ0v) is 19.7. The molecule has 5 rings (SSSR count). The van der Waals surface area contributed by atoms with E-state index >= 15 is 0 Å². The lowest BCUT2D eigenvalue weighted by Crippen LogP contribution is -2.38. The van der Waals surface area contributed by atoms with Crippen molar-refractivity contribution in [2.24, 2.45) is 0 Å². The molecule has 2 aliphatic heterocycles. The molecule has 3 heterocycles. The SMILES string of the molecule is O=C(Cc1ccccc1)N(Cc1c(-c2ccccc2)noc1N1CCCCC1)CC1CCCO1. The number of rotatable bonds is 8. The highest BCUT2D eigenvalue weighted by Gasteiger charge is 2.29. The van der Waals surface area contributed by atoms with Crippen LogP contribution in [0.3, 0.4) is 0 Å². The molecule has 1 aromatic heterocycles. The van der Waals surface area contributed by atoms with Crippen LogP contribution < -0.4 is 4.90 Å². The molecule has 1 atom stereocenters. The van der Waals surface area contributed by atoms with Crippen molar-refractivity contribution in [2.75, 3.05) is 31.1 Å². The number of hydrogen-bond acceptors (Lipinski definition) is 5. The number of ether oxygens (including phenoxy) is 1. The Morgan fingerprint density at radius 2 is 1.71 bits per heavy atom. The fourth-order valence-electron chi connectivity index (χ4n) is 4.97. The molecule has 2 aliphatic rings. The lowest BCUT2D eigenvalue weighted by atomic mass is 10.0. The van der Waals surface area contributed by atoms with Crippen LogP contribution in [0.2, 0.25) is 0 Å². The van der Waals surface area contributed by atoms with Crippen molar-refractivity contribution in [3.05, 3.63) is 71.8 Å². The standard InChI is InChI=1S/C28H33N3O3/c32-26(19-22-11-4-1-5-12-22)31(20-24-15-10-18-33-24)21-25-27(23-13-6-2-7-14-23)29-34-28(25)30-16-8-3-9-17-30/h1-2,4-7,11-14,24H,3,8-10,15-21H2. The van der Waals surface area contributed by atoms with E-state index in [9.17, 15) is 4.79 Å². The minimum atomic E-state index is 0.0817. The second-order valence-electron chi connectivity index (χ2n) is 9.30. The maximum atomic E-state index is 13.6. The highest BCUT2D eigenvalue weighted by Crippen LogP contribution is 2.34. The molecule has 2 fully saturated rings. The van der Waals surface area contributed by atoms with Crippen molar-refractivity contribution in [1.29, 1.82) is 0 Å². The number of carbonyl (C=O) groups is 1. The minimum Gasteiger partial charge on any atom is -0.376 e. The number of amides is 1. The Hall–Kier alpha value is -3.12. The number of benzene rings is 2. The average Bonchev–Trinajstić information content (AvgIpc) is 3.55. The van der Waals surface area contributed by atoms with Gasteiger partial charge in [0.2, 0.25) is 11.8 Å². The molecule has 34 heavy (non-hydrogen) atoms. The quantitative estimate of drug-likeness (QED) is 0.470. The van der Waals surface area contributed by atoms with E-state index in [-0.39, 0.29) is 12.0 Å². The van der Waals surface area contributed by atoms with Crippen LogP contribution in [0.5, 0.6) is 0 Å². The fraction of sp³-hybridized carbons (Fsp3) is 0.429. The summed E-state index contributed by atoms with van der Waals surface area (Å²) in [6.07, 6.45) is 6.03. The summed E-state index contributed by atoms with van der Waals surface area (Å²) in [5.74, 6) is 0.912. The summed E-state index contributed by atoms with van der Waals surface area (Å²) < 4.78 is 11.9. The molecule has 2 saturated heterocycles. The fourth-order valence-corrected chi connectivity index (χ4v) is 4.97. The van der Waals surface area contributed by atoms with Gasteiger partial charge >= 0.3 is 0 Å². The van der Waals surface area contributed by atoms with Gasteiger partial charge in [-0.1, -0.05) is 65.8 Å². The number of anilines is 1. The molecule has 2 aromatic carbocycles. The number of carbonyl (C=O) groups excluding carboxylic acids is 1. The zero-order valence-electron chi connectivity index (χ0n) is 19.7. The first-order valence-corrected chi connectivity index (χ1v) is 12.5. The normalized spacial score (nSPS) is 18.2. The van der Waals surface area contributed by atoms with Gasteiger partial charge in [0.05, 0.1) is 24.6 Å². The average molecular weight is 460 g/mol. The van der Waals surface area contributed by atoms with E-state index in [0.717, 1.165) is 73.6 Å². The first kappa shape index (κ1) is 22.7. The van der Waals surface area contributed by atoms with E-state index in [0.29, 0.717) is 19.5 Å². The molecule has 0 saturated carbocycles. The zero-order chi connectivity index (χ0) is 23.2. The van der Waals surface area contributed by atoms with Crippen LogP contribution in [0, 0.1) is 0 Å². The number of hydrogen-bond donors (Lipinski definition) is 0. The smallest absolute Gasteiger partial charge is 0.232 e. The van der Waals surface area contributed by atoms with Crippen molar-refractivity contribution >= 4 is 11.8 Å². The molecule has 1 unspecified atom stereocenters. The summed E-state index contributed by atoms with van der Waals surface area (Å²) in [7, 11) is 0. The third-order valence-electron chi connectivity index (χ3n) is 6.81. The summed E-state index contributed by atoms with van der Waals surface area (Å²) in [5, 5.41) is 4.50. The van der Waals surface area contributed by atoms with Gasteiger partial charge < -0.3 is 19.1 Å². The molecular weight excluding hydrogens is 426 g/mol. The van der Waals surface area contributed by atoms with Crippen LogP contribution in [0.15, 0.2) is 65.2 Å². The summed E-state index contributed by atoms with van der Waals surface area (Å²) in [6.45, 7) is 3.74. The van der Waals surface area contributed by atoms with E-state index in [4.69, 9.17) is 9.26 Å². The number of aromatic nitrogens is 1. The maximum absolute atomic E-state index is 13.6. The number of nitrogens with zero attached hydrogens (tertiary/aromatic N) is 3. The molecule has 0 radical (unpaired) electrons. The Balaban J connectivity index is 1.46. The van der Waals surface area contributed by atoms with Gasteiger partial charge in [0, 0.05) is 31.8 Å². The first-order chi connectivity index (χ1) is 16.8. The lowest BCUT2D eigenvalue weighted by Gasteiger charge is -2.29.